The van der Waals surface area contributed by atoms with Crippen LogP contribution < -0.4 is 16.2 Å². The first-order valence-corrected chi connectivity index (χ1v) is 6.74. The first kappa shape index (κ1) is 13.7. The average molecular weight is 280 g/mol. The molecule has 0 radical (unpaired) electrons. The molecule has 0 aliphatic carbocycles. The summed E-state index contributed by atoms with van der Waals surface area (Å²) in [6.07, 6.45) is 0. The van der Waals surface area contributed by atoms with Crippen LogP contribution in [0.25, 0.3) is 0 Å². The molecule has 0 spiro atoms. The van der Waals surface area contributed by atoms with Gasteiger partial charge in [-0.15, -0.1) is 5.10 Å². The van der Waals surface area contributed by atoms with Gasteiger partial charge in [-0.05, 0) is 6.07 Å². The third-order valence-corrected chi connectivity index (χ3v) is 3.92. The van der Waals surface area contributed by atoms with E-state index in [9.17, 15) is 4.79 Å². The number of rotatable bonds is 5. The van der Waals surface area contributed by atoms with Crippen LogP contribution in [0.5, 0.6) is 5.75 Å². The topological polar surface area (TPSA) is 85.9 Å². The molecule has 0 fully saturated rings. The summed E-state index contributed by atoms with van der Waals surface area (Å²) in [5.41, 5.74) is 6.86. The van der Waals surface area contributed by atoms with Crippen molar-refractivity contribution in [2.24, 2.45) is 12.8 Å². The second-order valence-electron chi connectivity index (χ2n) is 4.03. The van der Waals surface area contributed by atoms with E-state index in [1.54, 1.807) is 14.2 Å². The molecule has 0 saturated heterocycles. The fourth-order valence-corrected chi connectivity index (χ4v) is 2.58. The number of aromatic nitrogens is 3. The van der Waals surface area contributed by atoms with E-state index in [0.29, 0.717) is 10.9 Å². The number of benzene rings is 1. The molecule has 6 nitrogen and oxygen atoms in total. The van der Waals surface area contributed by atoms with E-state index in [2.05, 4.69) is 10.2 Å². The van der Waals surface area contributed by atoms with Gasteiger partial charge in [0.25, 0.3) is 0 Å². The number of methoxy groups -OCH3 is 1. The molecule has 1 heterocycles. The van der Waals surface area contributed by atoms with Crippen molar-refractivity contribution in [3.05, 3.63) is 40.3 Å². The fourth-order valence-electron chi connectivity index (χ4n) is 1.69. The summed E-state index contributed by atoms with van der Waals surface area (Å²) < 4.78 is 6.74. The van der Waals surface area contributed by atoms with E-state index >= 15 is 0 Å². The van der Waals surface area contributed by atoms with Crippen LogP contribution in [0.15, 0.2) is 34.2 Å². The van der Waals surface area contributed by atoms with Crippen molar-refractivity contribution in [2.75, 3.05) is 12.9 Å². The largest absolute Gasteiger partial charge is 0.496 e. The zero-order valence-electron chi connectivity index (χ0n) is 10.8. The number of nitrogens with zero attached hydrogens (tertiary/aromatic N) is 2. The van der Waals surface area contributed by atoms with Crippen molar-refractivity contribution in [1.29, 1.82) is 0 Å². The zero-order valence-corrected chi connectivity index (χ0v) is 11.6. The van der Waals surface area contributed by atoms with Gasteiger partial charge in [0.05, 0.1) is 7.11 Å². The quantitative estimate of drug-likeness (QED) is 0.795. The predicted octanol–water partition coefficient (Wildman–Crippen LogP) is 0.909. The van der Waals surface area contributed by atoms with Gasteiger partial charge in [-0.3, -0.25) is 4.57 Å². The van der Waals surface area contributed by atoms with E-state index in [1.165, 1.54) is 16.3 Å². The van der Waals surface area contributed by atoms with Gasteiger partial charge in [0.15, 0.2) is 5.16 Å². The molecule has 0 amide bonds. The van der Waals surface area contributed by atoms with Gasteiger partial charge in [0, 0.05) is 24.4 Å². The van der Waals surface area contributed by atoms with Gasteiger partial charge in [-0.1, -0.05) is 30.0 Å². The second kappa shape index (κ2) is 5.94. The van der Waals surface area contributed by atoms with E-state index < -0.39 is 0 Å². The van der Waals surface area contributed by atoms with E-state index in [1.807, 2.05) is 24.3 Å². The number of para-hydroxylation sites is 1. The monoisotopic (exact) mass is 280 g/mol. The number of aromatic amines is 1. The third-order valence-electron chi connectivity index (χ3n) is 2.77. The highest BCUT2D eigenvalue weighted by Gasteiger charge is 2.13. The fraction of sp³-hybridized carbons (Fsp3) is 0.333. The van der Waals surface area contributed by atoms with Crippen molar-refractivity contribution >= 4 is 11.8 Å². The molecule has 0 aliphatic heterocycles. The predicted molar refractivity (Wildman–Crippen MR) is 74.5 cm³/mol. The Hall–Kier alpha value is -1.73. The lowest BCUT2D eigenvalue weighted by molar-refractivity contribution is 0.407. The normalized spacial score (nSPS) is 12.4. The third kappa shape index (κ3) is 2.99. The average Bonchev–Trinajstić information content (AvgIpc) is 2.76. The van der Waals surface area contributed by atoms with Crippen LogP contribution in [-0.2, 0) is 7.05 Å². The summed E-state index contributed by atoms with van der Waals surface area (Å²) in [5.74, 6) is 1.38. The Labute approximate surface area is 115 Å². The molecule has 0 saturated carbocycles. The lowest BCUT2D eigenvalue weighted by atomic mass is 10.1. The van der Waals surface area contributed by atoms with Crippen LogP contribution in [0.1, 0.15) is 11.6 Å². The highest BCUT2D eigenvalue weighted by Crippen LogP contribution is 2.27. The first-order valence-electron chi connectivity index (χ1n) is 5.76. The van der Waals surface area contributed by atoms with E-state index in [0.717, 1.165) is 11.3 Å². The van der Waals surface area contributed by atoms with E-state index in [4.69, 9.17) is 10.5 Å². The number of nitrogens with one attached hydrogen (secondary N) is 1. The molecule has 0 aliphatic rings. The molecule has 1 unspecified atom stereocenters. The number of ether oxygens (including phenoxy) is 1. The molecule has 102 valence electrons. The Morgan fingerprint density at radius 1 is 1.53 bits per heavy atom. The maximum Gasteiger partial charge on any atom is 0.343 e. The molecular formula is C12H16N4O2S. The summed E-state index contributed by atoms with van der Waals surface area (Å²) in [5, 5.41) is 6.94. The molecular weight excluding hydrogens is 264 g/mol. The number of hydrogen-bond donors (Lipinski definition) is 2. The van der Waals surface area contributed by atoms with Gasteiger partial charge in [-0.25, -0.2) is 9.89 Å². The lowest BCUT2D eigenvalue weighted by Gasteiger charge is -2.14. The summed E-state index contributed by atoms with van der Waals surface area (Å²) in [7, 11) is 3.29. The Morgan fingerprint density at radius 2 is 2.26 bits per heavy atom. The highest BCUT2D eigenvalue weighted by atomic mass is 32.2. The Bertz CT molecular complexity index is 608. The number of hydrogen-bond acceptors (Lipinski definition) is 5. The molecule has 3 N–H and O–H groups in total. The maximum absolute atomic E-state index is 11.2. The number of nitrogens with two attached hydrogens (primary N) is 1. The van der Waals surface area contributed by atoms with Crippen molar-refractivity contribution < 1.29 is 4.74 Å². The van der Waals surface area contributed by atoms with Gasteiger partial charge < -0.3 is 10.5 Å². The molecule has 19 heavy (non-hydrogen) atoms. The van der Waals surface area contributed by atoms with Gasteiger partial charge >= 0.3 is 5.69 Å². The molecule has 7 heteroatoms. The van der Waals surface area contributed by atoms with Crippen LogP contribution in [0.3, 0.4) is 0 Å². The highest BCUT2D eigenvalue weighted by molar-refractivity contribution is 7.99. The molecule has 0 bridgehead atoms. The Kier molecular flexibility index (Phi) is 4.28. The standard InChI is InChI=1S/C12H16N4O2S/c1-16-11(17)14-15-12(16)19-7-9(13)8-5-3-4-6-10(8)18-2/h3-6,9H,7,13H2,1-2H3,(H,14,17). The summed E-state index contributed by atoms with van der Waals surface area (Å²) in [4.78, 5) is 11.2. The van der Waals surface area contributed by atoms with Gasteiger partial charge in [-0.2, -0.15) is 0 Å². The van der Waals surface area contributed by atoms with Crippen molar-refractivity contribution in [3.8, 4) is 5.75 Å². The molecule has 1 aromatic carbocycles. The number of H-pyrrole nitrogens is 1. The molecule has 1 aromatic heterocycles. The minimum Gasteiger partial charge on any atom is -0.496 e. The molecule has 1 atom stereocenters. The SMILES string of the molecule is COc1ccccc1C(N)CSc1n[nH]c(=O)n1C. The van der Waals surface area contributed by atoms with Crippen molar-refractivity contribution in [1.82, 2.24) is 14.8 Å². The smallest absolute Gasteiger partial charge is 0.343 e. The summed E-state index contributed by atoms with van der Waals surface area (Å²) in [6.45, 7) is 0. The van der Waals surface area contributed by atoms with Crippen LogP contribution >= 0.6 is 11.8 Å². The summed E-state index contributed by atoms with van der Waals surface area (Å²) >= 11 is 1.43. The van der Waals surface area contributed by atoms with Crippen LogP contribution in [-0.4, -0.2) is 27.6 Å². The summed E-state index contributed by atoms with van der Waals surface area (Å²) in [6, 6.07) is 7.46. The van der Waals surface area contributed by atoms with Crippen molar-refractivity contribution in [3.63, 3.8) is 0 Å². The van der Waals surface area contributed by atoms with Crippen LogP contribution in [0, 0.1) is 0 Å². The van der Waals surface area contributed by atoms with E-state index in [-0.39, 0.29) is 11.7 Å². The lowest BCUT2D eigenvalue weighted by Crippen LogP contribution is -2.16. The van der Waals surface area contributed by atoms with Gasteiger partial charge in [0.1, 0.15) is 5.75 Å². The second-order valence-corrected chi connectivity index (χ2v) is 5.02. The zero-order chi connectivity index (χ0) is 13.8. The first-order chi connectivity index (χ1) is 9.13. The van der Waals surface area contributed by atoms with Crippen LogP contribution in [0.4, 0.5) is 0 Å². The maximum atomic E-state index is 11.2. The van der Waals surface area contributed by atoms with Crippen LogP contribution in [0.2, 0.25) is 0 Å². The minimum absolute atomic E-state index is 0.187. The molecule has 2 rings (SSSR count). The Balaban J connectivity index is 2.07. The molecule has 2 aromatic rings. The number of thioether (sulfide) groups is 1. The van der Waals surface area contributed by atoms with Gasteiger partial charge in [0.2, 0.25) is 0 Å². The van der Waals surface area contributed by atoms with Crippen molar-refractivity contribution in [2.45, 2.75) is 11.2 Å². The minimum atomic E-state index is -0.228. The Morgan fingerprint density at radius 3 is 2.89 bits per heavy atom.